The number of likely N-dealkylation sites (tertiary alicyclic amines) is 1. The number of carbonyl (C=O) groups excluding carboxylic acids is 1. The summed E-state index contributed by atoms with van der Waals surface area (Å²) < 4.78 is 10.8. The van der Waals surface area contributed by atoms with E-state index in [1.54, 1.807) is 7.11 Å². The third-order valence-corrected chi connectivity index (χ3v) is 4.40. The number of nitrogens with zero attached hydrogens (tertiary/aromatic N) is 2. The molecule has 0 unspecified atom stereocenters. The lowest BCUT2D eigenvalue weighted by atomic mass is 9.97. The molecular weight excluding hydrogens is 318 g/mol. The molecule has 6 heteroatoms. The van der Waals surface area contributed by atoms with Gasteiger partial charge in [0.2, 0.25) is 5.91 Å². The van der Waals surface area contributed by atoms with Crippen molar-refractivity contribution in [3.63, 3.8) is 0 Å². The Bertz CT molecular complexity index is 713. The highest BCUT2D eigenvalue weighted by molar-refractivity contribution is 5.91. The number of carbonyl (C=O) groups is 1. The fourth-order valence-corrected chi connectivity index (χ4v) is 3.20. The molecule has 1 saturated heterocycles. The van der Waals surface area contributed by atoms with E-state index in [1.807, 2.05) is 37.3 Å². The Morgan fingerprint density at radius 2 is 2.20 bits per heavy atom. The topological polar surface area (TPSA) is 67.6 Å². The number of aryl methyl sites for hydroxylation is 1. The van der Waals surface area contributed by atoms with Crippen LogP contribution < -0.4 is 5.32 Å². The highest BCUT2D eigenvalue weighted by atomic mass is 16.5. The summed E-state index contributed by atoms with van der Waals surface area (Å²) in [6, 6.07) is 9.57. The van der Waals surface area contributed by atoms with E-state index in [2.05, 4.69) is 15.2 Å². The van der Waals surface area contributed by atoms with Gasteiger partial charge in [0.25, 0.3) is 0 Å². The number of hydrogen-bond donors (Lipinski definition) is 1. The number of furan rings is 1. The van der Waals surface area contributed by atoms with Crippen molar-refractivity contribution < 1.29 is 13.9 Å². The summed E-state index contributed by atoms with van der Waals surface area (Å²) in [5.74, 6) is 2.38. The molecule has 1 amide bonds. The number of rotatable bonds is 6. The smallest absolute Gasteiger partial charge is 0.229 e. The van der Waals surface area contributed by atoms with Crippen molar-refractivity contribution >= 4 is 11.7 Å². The number of amides is 1. The van der Waals surface area contributed by atoms with Gasteiger partial charge in [-0.3, -0.25) is 9.69 Å². The Balaban J connectivity index is 1.55. The maximum absolute atomic E-state index is 12.5. The molecule has 1 fully saturated rings. The molecule has 0 spiro atoms. The Kier molecular flexibility index (Phi) is 5.83. The molecule has 3 heterocycles. The van der Waals surface area contributed by atoms with E-state index in [1.165, 1.54) is 0 Å². The zero-order chi connectivity index (χ0) is 17.6. The second kappa shape index (κ2) is 8.27. The monoisotopic (exact) mass is 343 g/mol. The molecule has 1 aliphatic heterocycles. The van der Waals surface area contributed by atoms with E-state index in [4.69, 9.17) is 9.15 Å². The van der Waals surface area contributed by atoms with Gasteiger partial charge >= 0.3 is 0 Å². The molecule has 1 atom stereocenters. The first-order chi connectivity index (χ1) is 12.1. The van der Waals surface area contributed by atoms with Gasteiger partial charge < -0.3 is 14.5 Å². The zero-order valence-electron chi connectivity index (χ0n) is 14.8. The number of aromatic nitrogens is 1. The number of methoxy groups -OCH3 is 1. The van der Waals surface area contributed by atoms with Crippen molar-refractivity contribution in [2.75, 3.05) is 25.5 Å². The second-order valence-electron chi connectivity index (χ2n) is 6.53. The van der Waals surface area contributed by atoms with Crippen LogP contribution >= 0.6 is 0 Å². The SMILES string of the molecule is COCc1ccc(CN2CCC[C@H](C(=O)Nc3cccc(C)n3)C2)o1. The minimum absolute atomic E-state index is 0.0236. The van der Waals surface area contributed by atoms with E-state index < -0.39 is 0 Å². The number of pyridine rings is 1. The lowest BCUT2D eigenvalue weighted by molar-refractivity contribution is -0.121. The maximum atomic E-state index is 12.5. The highest BCUT2D eigenvalue weighted by Crippen LogP contribution is 2.21. The predicted octanol–water partition coefficient (Wildman–Crippen LogP) is 2.98. The lowest BCUT2D eigenvalue weighted by Gasteiger charge is -2.31. The van der Waals surface area contributed by atoms with Gasteiger partial charge in [-0.25, -0.2) is 4.98 Å². The molecular formula is C19H25N3O3. The van der Waals surface area contributed by atoms with Gasteiger partial charge in [-0.15, -0.1) is 0 Å². The van der Waals surface area contributed by atoms with Crippen LogP contribution in [0, 0.1) is 12.8 Å². The van der Waals surface area contributed by atoms with Crippen LogP contribution in [0.3, 0.4) is 0 Å². The summed E-state index contributed by atoms with van der Waals surface area (Å²) in [6.45, 7) is 4.83. The summed E-state index contributed by atoms with van der Waals surface area (Å²) in [4.78, 5) is 19.2. The van der Waals surface area contributed by atoms with Crippen molar-refractivity contribution in [2.45, 2.75) is 32.9 Å². The zero-order valence-corrected chi connectivity index (χ0v) is 14.8. The maximum Gasteiger partial charge on any atom is 0.229 e. The van der Waals surface area contributed by atoms with Crippen molar-refractivity contribution in [3.05, 3.63) is 47.5 Å². The highest BCUT2D eigenvalue weighted by Gasteiger charge is 2.26. The molecule has 0 aliphatic carbocycles. The largest absolute Gasteiger partial charge is 0.462 e. The molecule has 2 aromatic heterocycles. The average Bonchev–Trinajstić information content (AvgIpc) is 3.02. The van der Waals surface area contributed by atoms with Crippen molar-refractivity contribution in [1.29, 1.82) is 0 Å². The normalized spacial score (nSPS) is 18.2. The summed E-state index contributed by atoms with van der Waals surface area (Å²) in [5, 5.41) is 2.94. The Labute approximate surface area is 148 Å². The van der Waals surface area contributed by atoms with Gasteiger partial charge in [-0.1, -0.05) is 6.07 Å². The molecule has 134 valence electrons. The third kappa shape index (κ3) is 4.90. The van der Waals surface area contributed by atoms with E-state index >= 15 is 0 Å². The van der Waals surface area contributed by atoms with Crippen LogP contribution in [-0.2, 0) is 22.7 Å². The fourth-order valence-electron chi connectivity index (χ4n) is 3.20. The minimum atomic E-state index is -0.0236. The van der Waals surface area contributed by atoms with Crippen molar-refractivity contribution in [3.8, 4) is 0 Å². The summed E-state index contributed by atoms with van der Waals surface area (Å²) >= 11 is 0. The number of piperidine rings is 1. The van der Waals surface area contributed by atoms with Gasteiger partial charge in [0.05, 0.1) is 12.5 Å². The Morgan fingerprint density at radius 1 is 1.36 bits per heavy atom. The molecule has 6 nitrogen and oxygen atoms in total. The summed E-state index contributed by atoms with van der Waals surface area (Å²) in [6.07, 6.45) is 1.91. The van der Waals surface area contributed by atoms with Gasteiger partial charge in [0.1, 0.15) is 23.9 Å². The molecule has 2 aromatic rings. The van der Waals surface area contributed by atoms with Crippen molar-refractivity contribution in [1.82, 2.24) is 9.88 Å². The van der Waals surface area contributed by atoms with Crippen LogP contribution in [-0.4, -0.2) is 36.0 Å². The van der Waals surface area contributed by atoms with Crippen LogP contribution in [0.1, 0.15) is 30.1 Å². The third-order valence-electron chi connectivity index (χ3n) is 4.40. The minimum Gasteiger partial charge on any atom is -0.462 e. The molecule has 0 saturated carbocycles. The Morgan fingerprint density at radius 3 is 3.00 bits per heavy atom. The number of ether oxygens (including phenoxy) is 1. The average molecular weight is 343 g/mol. The van der Waals surface area contributed by atoms with Gasteiger partial charge in [0.15, 0.2) is 0 Å². The number of hydrogen-bond acceptors (Lipinski definition) is 5. The van der Waals surface area contributed by atoms with Crippen LogP contribution in [0.4, 0.5) is 5.82 Å². The Hall–Kier alpha value is -2.18. The molecule has 1 N–H and O–H groups in total. The van der Waals surface area contributed by atoms with Crippen LogP contribution in [0.15, 0.2) is 34.7 Å². The van der Waals surface area contributed by atoms with Crippen LogP contribution in [0.25, 0.3) is 0 Å². The fraction of sp³-hybridized carbons (Fsp3) is 0.474. The van der Waals surface area contributed by atoms with E-state index in [-0.39, 0.29) is 11.8 Å². The molecule has 0 radical (unpaired) electrons. The van der Waals surface area contributed by atoms with E-state index in [0.717, 1.165) is 49.7 Å². The summed E-state index contributed by atoms with van der Waals surface area (Å²) in [7, 11) is 1.65. The lowest BCUT2D eigenvalue weighted by Crippen LogP contribution is -2.40. The predicted molar refractivity (Wildman–Crippen MR) is 95.0 cm³/mol. The molecule has 3 rings (SSSR count). The molecule has 1 aliphatic rings. The summed E-state index contributed by atoms with van der Waals surface area (Å²) in [5.41, 5.74) is 0.896. The standard InChI is InChI=1S/C19H25N3O3/c1-14-5-3-7-18(20-14)21-19(23)15-6-4-10-22(11-15)12-16-8-9-17(25-16)13-24-2/h3,5,7-9,15H,4,6,10-13H2,1-2H3,(H,20,21,23)/t15-/m0/s1. The van der Waals surface area contributed by atoms with Gasteiger partial charge in [0, 0.05) is 19.3 Å². The molecule has 0 aromatic carbocycles. The first-order valence-electron chi connectivity index (χ1n) is 8.67. The number of anilines is 1. The van der Waals surface area contributed by atoms with Gasteiger partial charge in [-0.2, -0.15) is 0 Å². The molecule has 0 bridgehead atoms. The molecule has 25 heavy (non-hydrogen) atoms. The second-order valence-corrected chi connectivity index (χ2v) is 6.53. The van der Waals surface area contributed by atoms with E-state index in [0.29, 0.717) is 12.4 Å². The first-order valence-corrected chi connectivity index (χ1v) is 8.67. The van der Waals surface area contributed by atoms with Crippen LogP contribution in [0.5, 0.6) is 0 Å². The number of nitrogens with one attached hydrogen (secondary N) is 1. The quantitative estimate of drug-likeness (QED) is 0.873. The van der Waals surface area contributed by atoms with Gasteiger partial charge in [-0.05, 0) is 50.6 Å². The van der Waals surface area contributed by atoms with E-state index in [9.17, 15) is 4.79 Å². The van der Waals surface area contributed by atoms with Crippen LogP contribution in [0.2, 0.25) is 0 Å². The van der Waals surface area contributed by atoms with Crippen molar-refractivity contribution in [2.24, 2.45) is 5.92 Å². The first kappa shape index (κ1) is 17.6.